The van der Waals surface area contributed by atoms with Crippen LogP contribution in [0.15, 0.2) is 24.3 Å². The van der Waals surface area contributed by atoms with Crippen molar-refractivity contribution in [1.82, 2.24) is 11.1 Å². The van der Waals surface area contributed by atoms with Gasteiger partial charge in [-0.25, -0.2) is 0 Å². The van der Waals surface area contributed by atoms with E-state index in [4.69, 9.17) is 11.6 Å². The second-order valence-electron chi connectivity index (χ2n) is 5.08. The zero-order valence-electron chi connectivity index (χ0n) is 10.2. The fourth-order valence-corrected chi connectivity index (χ4v) is 3.00. The van der Waals surface area contributed by atoms with Gasteiger partial charge in [0.1, 0.15) is 0 Å². The topological polar surface area (TPSA) is 38.2 Å². The number of benzene rings is 1. The van der Waals surface area contributed by atoms with Crippen molar-refractivity contribution in [2.75, 3.05) is 13.1 Å². The van der Waals surface area contributed by atoms with Crippen LogP contribution < -0.4 is 6.15 Å². The minimum absolute atomic E-state index is 0. The fraction of sp³-hybridized carbons (Fsp3) is 0.571. The lowest BCUT2D eigenvalue weighted by molar-refractivity contribution is 0.221. The van der Waals surface area contributed by atoms with Crippen LogP contribution in [0.25, 0.3) is 0 Å². The SMILES string of the molecule is Clc1ccc(C(C2CC2)N2CCCC2)cc1.N. The molecule has 1 heterocycles. The zero-order chi connectivity index (χ0) is 11.0. The average molecular weight is 253 g/mol. The smallest absolute Gasteiger partial charge is 0.0406 e. The maximum Gasteiger partial charge on any atom is 0.0406 e. The third kappa shape index (κ3) is 2.82. The second kappa shape index (κ2) is 5.38. The van der Waals surface area contributed by atoms with Gasteiger partial charge in [-0.05, 0) is 62.4 Å². The molecule has 1 unspecified atom stereocenters. The number of likely N-dealkylation sites (tertiary alicyclic amines) is 1. The molecule has 2 nitrogen and oxygen atoms in total. The van der Waals surface area contributed by atoms with Crippen molar-refractivity contribution in [3.05, 3.63) is 34.9 Å². The maximum absolute atomic E-state index is 5.96. The molecule has 1 atom stereocenters. The Labute approximate surface area is 109 Å². The van der Waals surface area contributed by atoms with E-state index in [1.807, 2.05) is 12.1 Å². The summed E-state index contributed by atoms with van der Waals surface area (Å²) in [5.74, 6) is 0.902. The number of hydrogen-bond acceptors (Lipinski definition) is 2. The highest BCUT2D eigenvalue weighted by Gasteiger charge is 2.36. The molecule has 1 saturated heterocycles. The van der Waals surface area contributed by atoms with Crippen LogP contribution >= 0.6 is 11.6 Å². The molecule has 17 heavy (non-hydrogen) atoms. The van der Waals surface area contributed by atoms with Crippen molar-refractivity contribution in [3.8, 4) is 0 Å². The molecular weight excluding hydrogens is 232 g/mol. The van der Waals surface area contributed by atoms with Gasteiger partial charge in [-0.3, -0.25) is 4.90 Å². The van der Waals surface area contributed by atoms with Crippen LogP contribution in [0.1, 0.15) is 37.3 Å². The highest BCUT2D eigenvalue weighted by Crippen LogP contribution is 2.45. The van der Waals surface area contributed by atoms with E-state index in [1.54, 1.807) is 0 Å². The summed E-state index contributed by atoms with van der Waals surface area (Å²) in [7, 11) is 0. The molecule has 1 aromatic carbocycles. The van der Waals surface area contributed by atoms with Gasteiger partial charge in [0, 0.05) is 11.1 Å². The number of hydrogen-bond donors (Lipinski definition) is 1. The van der Waals surface area contributed by atoms with Gasteiger partial charge < -0.3 is 6.15 Å². The van der Waals surface area contributed by atoms with Crippen LogP contribution in [0.3, 0.4) is 0 Å². The Morgan fingerprint density at radius 1 is 1.06 bits per heavy atom. The molecule has 0 spiro atoms. The van der Waals surface area contributed by atoms with Crippen LogP contribution in [-0.4, -0.2) is 18.0 Å². The third-order valence-electron chi connectivity index (χ3n) is 3.81. The summed E-state index contributed by atoms with van der Waals surface area (Å²) >= 11 is 5.96. The summed E-state index contributed by atoms with van der Waals surface area (Å²) in [4.78, 5) is 2.67. The van der Waals surface area contributed by atoms with E-state index in [2.05, 4.69) is 17.0 Å². The Bertz CT molecular complexity index is 353. The zero-order valence-corrected chi connectivity index (χ0v) is 11.0. The van der Waals surface area contributed by atoms with Crippen molar-refractivity contribution in [1.29, 1.82) is 0 Å². The van der Waals surface area contributed by atoms with Crippen molar-refractivity contribution < 1.29 is 0 Å². The standard InChI is InChI=1S/C14H18ClN.H3N/c15-13-7-5-12(6-8-13)14(11-3-4-11)16-9-1-2-10-16;/h5-8,11,14H,1-4,9-10H2;1H3. The quantitative estimate of drug-likeness (QED) is 0.881. The molecule has 1 saturated carbocycles. The Morgan fingerprint density at radius 3 is 2.18 bits per heavy atom. The van der Waals surface area contributed by atoms with Gasteiger partial charge in [0.25, 0.3) is 0 Å². The van der Waals surface area contributed by atoms with Crippen LogP contribution in [-0.2, 0) is 0 Å². The van der Waals surface area contributed by atoms with Gasteiger partial charge >= 0.3 is 0 Å². The summed E-state index contributed by atoms with van der Waals surface area (Å²) in [6.07, 6.45) is 5.56. The summed E-state index contributed by atoms with van der Waals surface area (Å²) in [5.41, 5.74) is 1.47. The van der Waals surface area contributed by atoms with Gasteiger partial charge in [0.15, 0.2) is 0 Å². The first-order chi connectivity index (χ1) is 7.84. The van der Waals surface area contributed by atoms with E-state index in [9.17, 15) is 0 Å². The summed E-state index contributed by atoms with van der Waals surface area (Å²) < 4.78 is 0. The Morgan fingerprint density at radius 2 is 1.65 bits per heavy atom. The molecule has 2 aliphatic rings. The molecule has 3 heteroatoms. The first kappa shape index (κ1) is 12.9. The highest BCUT2D eigenvalue weighted by atomic mass is 35.5. The molecule has 1 aliphatic heterocycles. The van der Waals surface area contributed by atoms with Gasteiger partial charge in [0.05, 0.1) is 0 Å². The van der Waals surface area contributed by atoms with Gasteiger partial charge in [-0.15, -0.1) is 0 Å². The van der Waals surface area contributed by atoms with Gasteiger partial charge in [0.2, 0.25) is 0 Å². The van der Waals surface area contributed by atoms with Crippen LogP contribution in [0.4, 0.5) is 0 Å². The molecule has 0 amide bonds. The predicted octanol–water partition coefficient (Wildman–Crippen LogP) is 4.05. The van der Waals surface area contributed by atoms with Crippen molar-refractivity contribution in [3.63, 3.8) is 0 Å². The van der Waals surface area contributed by atoms with Gasteiger partial charge in [-0.2, -0.15) is 0 Å². The van der Waals surface area contributed by atoms with Gasteiger partial charge in [-0.1, -0.05) is 23.7 Å². The predicted molar refractivity (Wildman–Crippen MR) is 72.7 cm³/mol. The molecule has 0 aromatic heterocycles. The normalized spacial score (nSPS) is 22.2. The second-order valence-corrected chi connectivity index (χ2v) is 5.51. The van der Waals surface area contributed by atoms with E-state index in [0.29, 0.717) is 6.04 Å². The molecule has 0 bridgehead atoms. The van der Waals surface area contributed by atoms with E-state index in [-0.39, 0.29) is 6.15 Å². The van der Waals surface area contributed by atoms with E-state index < -0.39 is 0 Å². The Kier molecular flexibility index (Phi) is 4.08. The Hall–Kier alpha value is -0.570. The largest absolute Gasteiger partial charge is 0.344 e. The van der Waals surface area contributed by atoms with E-state index >= 15 is 0 Å². The lowest BCUT2D eigenvalue weighted by Crippen LogP contribution is -2.27. The molecule has 1 aromatic rings. The lowest BCUT2D eigenvalue weighted by atomic mass is 10.0. The number of rotatable bonds is 3. The molecule has 3 N–H and O–H groups in total. The van der Waals surface area contributed by atoms with Crippen molar-refractivity contribution in [2.45, 2.75) is 31.7 Å². The fourth-order valence-electron chi connectivity index (χ4n) is 2.87. The van der Waals surface area contributed by atoms with Crippen molar-refractivity contribution in [2.24, 2.45) is 5.92 Å². The molecule has 1 aliphatic carbocycles. The molecule has 2 fully saturated rings. The lowest BCUT2D eigenvalue weighted by Gasteiger charge is -2.28. The summed E-state index contributed by atoms with van der Waals surface area (Å²) in [6, 6.07) is 9.15. The molecule has 94 valence electrons. The molecule has 3 rings (SSSR count). The van der Waals surface area contributed by atoms with Crippen molar-refractivity contribution >= 4 is 11.6 Å². The highest BCUT2D eigenvalue weighted by molar-refractivity contribution is 6.30. The monoisotopic (exact) mass is 252 g/mol. The first-order valence-corrected chi connectivity index (χ1v) is 6.72. The summed E-state index contributed by atoms with van der Waals surface area (Å²) in [5, 5.41) is 0.847. The van der Waals surface area contributed by atoms with Crippen LogP contribution in [0, 0.1) is 5.92 Å². The minimum Gasteiger partial charge on any atom is -0.344 e. The van der Waals surface area contributed by atoms with Crippen LogP contribution in [0.5, 0.6) is 0 Å². The molecule has 0 radical (unpaired) electrons. The summed E-state index contributed by atoms with van der Waals surface area (Å²) in [6.45, 7) is 2.56. The van der Waals surface area contributed by atoms with E-state index in [0.717, 1.165) is 10.9 Å². The number of halogens is 1. The third-order valence-corrected chi connectivity index (χ3v) is 4.07. The molecular formula is C14H21ClN2. The maximum atomic E-state index is 5.96. The first-order valence-electron chi connectivity index (χ1n) is 6.34. The van der Waals surface area contributed by atoms with E-state index in [1.165, 1.54) is 44.3 Å². The number of nitrogens with zero attached hydrogens (tertiary/aromatic N) is 1. The minimum atomic E-state index is 0. The van der Waals surface area contributed by atoms with Crippen LogP contribution in [0.2, 0.25) is 5.02 Å². The average Bonchev–Trinajstić information content (AvgIpc) is 2.97. The Balaban J connectivity index is 0.00000108.